The van der Waals surface area contributed by atoms with Crippen molar-refractivity contribution in [3.05, 3.63) is 41.0 Å². The van der Waals surface area contributed by atoms with Crippen molar-refractivity contribution >= 4 is 5.70 Å². The molecule has 20 heavy (non-hydrogen) atoms. The van der Waals surface area contributed by atoms with Crippen molar-refractivity contribution in [3.8, 4) is 0 Å². The number of fused-ring (bicyclic) bond motifs is 1. The molecule has 2 heteroatoms. The number of aryl methyl sites for hydroxylation is 1. The summed E-state index contributed by atoms with van der Waals surface area (Å²) in [6.07, 6.45) is 3.35. The van der Waals surface area contributed by atoms with Gasteiger partial charge in [0.05, 0.1) is 5.70 Å². The molecule has 0 heterocycles. The van der Waals surface area contributed by atoms with Crippen LogP contribution in [0.1, 0.15) is 69.7 Å². The average Bonchev–Trinajstić information content (AvgIpc) is 2.42. The van der Waals surface area contributed by atoms with Gasteiger partial charge < -0.3 is 0 Å². The van der Waals surface area contributed by atoms with Crippen molar-refractivity contribution in [2.24, 2.45) is 0 Å². The maximum Gasteiger partial charge on any atom is 0.0605 e. The van der Waals surface area contributed by atoms with Crippen molar-refractivity contribution in [2.75, 3.05) is 0 Å². The second-order valence-corrected chi connectivity index (χ2v) is 7.27. The van der Waals surface area contributed by atoms with Gasteiger partial charge in [-0.25, -0.2) is 0 Å². The lowest BCUT2D eigenvalue weighted by Gasteiger charge is -2.42. The number of hydrogen-bond acceptors (Lipinski definition) is 2. The molecular weight excluding hydrogens is 246 g/mol. The molecule has 0 amide bonds. The topological polar surface area (TPSA) is 32.3 Å². The molecule has 1 aromatic rings. The van der Waals surface area contributed by atoms with Crippen LogP contribution in [0.2, 0.25) is 0 Å². The van der Waals surface area contributed by atoms with Gasteiger partial charge in [0.25, 0.3) is 0 Å². The Hall–Kier alpha value is -1.28. The molecule has 2 rings (SSSR count). The molecule has 2 nitrogen and oxygen atoms in total. The van der Waals surface area contributed by atoms with Crippen LogP contribution in [0.15, 0.2) is 18.7 Å². The van der Waals surface area contributed by atoms with Crippen LogP contribution in [-0.2, 0) is 17.3 Å². The molecular formula is C18H27NO. The Morgan fingerprint density at radius 1 is 1.15 bits per heavy atom. The fraction of sp³-hybridized carbons (Fsp3) is 0.556. The van der Waals surface area contributed by atoms with E-state index < -0.39 is 0 Å². The van der Waals surface area contributed by atoms with Crippen LogP contribution >= 0.6 is 0 Å². The number of hydrogen-bond donors (Lipinski definition) is 2. The van der Waals surface area contributed by atoms with Crippen LogP contribution in [-0.4, -0.2) is 5.21 Å². The first-order valence-corrected chi connectivity index (χ1v) is 7.50. The van der Waals surface area contributed by atoms with E-state index in [9.17, 15) is 5.21 Å². The van der Waals surface area contributed by atoms with E-state index >= 15 is 0 Å². The predicted octanol–water partition coefficient (Wildman–Crippen LogP) is 4.55. The summed E-state index contributed by atoms with van der Waals surface area (Å²) in [6, 6.07) is 4.56. The number of nitrogens with one attached hydrogen (secondary N) is 1. The maximum absolute atomic E-state index is 9.20. The van der Waals surface area contributed by atoms with Gasteiger partial charge in [-0.3, -0.25) is 10.7 Å². The lowest BCUT2D eigenvalue weighted by atomic mass is 9.62. The first-order valence-electron chi connectivity index (χ1n) is 7.50. The molecule has 1 aliphatic carbocycles. The lowest BCUT2D eigenvalue weighted by Crippen LogP contribution is -2.34. The highest BCUT2D eigenvalue weighted by Crippen LogP contribution is 2.47. The summed E-state index contributed by atoms with van der Waals surface area (Å²) in [6.45, 7) is 15.4. The predicted molar refractivity (Wildman–Crippen MR) is 85.1 cm³/mol. The van der Waals surface area contributed by atoms with Crippen molar-refractivity contribution in [3.63, 3.8) is 0 Å². The highest BCUT2D eigenvalue weighted by Gasteiger charge is 2.37. The molecule has 2 N–H and O–H groups in total. The monoisotopic (exact) mass is 273 g/mol. The molecule has 0 spiro atoms. The normalized spacial score (nSPS) is 19.3. The molecule has 1 aliphatic rings. The van der Waals surface area contributed by atoms with Gasteiger partial charge >= 0.3 is 0 Å². The first kappa shape index (κ1) is 15.1. The Morgan fingerprint density at radius 3 is 2.10 bits per heavy atom. The van der Waals surface area contributed by atoms with Crippen LogP contribution in [0.25, 0.3) is 5.70 Å². The van der Waals surface area contributed by atoms with Crippen LogP contribution in [0.4, 0.5) is 0 Å². The van der Waals surface area contributed by atoms with Crippen LogP contribution in [0, 0.1) is 0 Å². The second-order valence-electron chi connectivity index (χ2n) is 7.27. The zero-order valence-corrected chi connectivity index (χ0v) is 13.4. The fourth-order valence-electron chi connectivity index (χ4n) is 3.29. The van der Waals surface area contributed by atoms with E-state index in [1.54, 1.807) is 0 Å². The highest BCUT2D eigenvalue weighted by molar-refractivity contribution is 5.67. The standard InChI is InChI=1S/C18H27NO/c1-7-13-10-15-16(11-14(13)12(2)19-20)18(5,6)9-8-17(15,3)4/h10-11,19-20H,2,7-9H2,1,3-6H3. The lowest BCUT2D eigenvalue weighted by molar-refractivity contribution is 0.225. The molecule has 0 atom stereocenters. The smallest absolute Gasteiger partial charge is 0.0605 e. The van der Waals surface area contributed by atoms with Gasteiger partial charge in [0, 0.05) is 5.56 Å². The SMILES string of the molecule is C=C(NO)c1cc2c(cc1CC)C(C)(C)CCC2(C)C. The summed E-state index contributed by atoms with van der Waals surface area (Å²) in [4.78, 5) is 0. The van der Waals surface area contributed by atoms with Gasteiger partial charge in [-0.05, 0) is 52.8 Å². The molecule has 0 saturated heterocycles. The van der Waals surface area contributed by atoms with Crippen molar-refractivity contribution in [2.45, 2.75) is 64.7 Å². The largest absolute Gasteiger partial charge is 0.291 e. The van der Waals surface area contributed by atoms with Gasteiger partial charge in [0.2, 0.25) is 0 Å². The minimum atomic E-state index is 0.182. The highest BCUT2D eigenvalue weighted by atomic mass is 16.5. The summed E-state index contributed by atoms with van der Waals surface area (Å²) in [5.74, 6) is 0. The van der Waals surface area contributed by atoms with Gasteiger partial charge in [0.1, 0.15) is 0 Å². The third-order valence-corrected chi connectivity index (χ3v) is 4.92. The first-order chi connectivity index (χ1) is 9.23. The zero-order valence-electron chi connectivity index (χ0n) is 13.4. The summed E-state index contributed by atoms with van der Waals surface area (Å²) >= 11 is 0. The second kappa shape index (κ2) is 4.92. The Bertz CT molecular complexity index is 541. The summed E-state index contributed by atoms with van der Waals surface area (Å²) in [5, 5.41) is 9.20. The molecule has 0 aliphatic heterocycles. The minimum Gasteiger partial charge on any atom is -0.291 e. The Labute approximate surface area is 122 Å². The average molecular weight is 273 g/mol. The van der Waals surface area contributed by atoms with E-state index in [-0.39, 0.29) is 10.8 Å². The minimum absolute atomic E-state index is 0.182. The molecule has 1 aromatic carbocycles. The summed E-state index contributed by atoms with van der Waals surface area (Å²) in [5.41, 5.74) is 8.36. The zero-order chi connectivity index (χ0) is 15.1. The summed E-state index contributed by atoms with van der Waals surface area (Å²) < 4.78 is 0. The summed E-state index contributed by atoms with van der Waals surface area (Å²) in [7, 11) is 0. The maximum atomic E-state index is 9.20. The van der Waals surface area contributed by atoms with E-state index in [0.717, 1.165) is 12.0 Å². The van der Waals surface area contributed by atoms with Crippen molar-refractivity contribution in [1.29, 1.82) is 0 Å². The molecule has 0 bridgehead atoms. The number of benzene rings is 1. The Morgan fingerprint density at radius 2 is 1.65 bits per heavy atom. The molecule has 110 valence electrons. The van der Waals surface area contributed by atoms with Gasteiger partial charge in [-0.1, -0.05) is 47.3 Å². The van der Waals surface area contributed by atoms with Crippen molar-refractivity contribution < 1.29 is 5.21 Å². The number of rotatable bonds is 3. The molecule has 0 radical (unpaired) electrons. The van der Waals surface area contributed by atoms with E-state index in [0.29, 0.717) is 5.70 Å². The van der Waals surface area contributed by atoms with Crippen LogP contribution in [0.5, 0.6) is 0 Å². The third-order valence-electron chi connectivity index (χ3n) is 4.92. The molecule has 0 aromatic heterocycles. The Kier molecular flexibility index (Phi) is 3.72. The van der Waals surface area contributed by atoms with Gasteiger partial charge in [-0.15, -0.1) is 0 Å². The van der Waals surface area contributed by atoms with E-state index in [2.05, 4.69) is 58.8 Å². The molecule has 0 saturated carbocycles. The van der Waals surface area contributed by atoms with Crippen LogP contribution < -0.4 is 5.48 Å². The van der Waals surface area contributed by atoms with Crippen molar-refractivity contribution in [1.82, 2.24) is 5.48 Å². The fourth-order valence-corrected chi connectivity index (χ4v) is 3.29. The van der Waals surface area contributed by atoms with Crippen LogP contribution in [0.3, 0.4) is 0 Å². The quantitative estimate of drug-likeness (QED) is 0.792. The Balaban J connectivity index is 2.71. The van der Waals surface area contributed by atoms with E-state index in [1.807, 2.05) is 0 Å². The van der Waals surface area contributed by atoms with Gasteiger partial charge in [0.15, 0.2) is 0 Å². The van der Waals surface area contributed by atoms with E-state index in [1.165, 1.54) is 29.5 Å². The molecule has 0 fully saturated rings. The molecule has 0 unspecified atom stereocenters. The van der Waals surface area contributed by atoms with E-state index in [4.69, 9.17) is 0 Å². The third kappa shape index (κ3) is 2.37. The number of hydroxylamine groups is 1. The van der Waals surface area contributed by atoms with Gasteiger partial charge in [-0.2, -0.15) is 0 Å².